The normalized spacial score (nSPS) is 11.9. The van der Waals surface area contributed by atoms with Gasteiger partial charge in [-0.3, -0.25) is 19.0 Å². The van der Waals surface area contributed by atoms with Crippen LogP contribution in [0.15, 0.2) is 47.3 Å². The molecule has 3 aromatic rings. The summed E-state index contributed by atoms with van der Waals surface area (Å²) in [4.78, 5) is 45.6. The molecule has 2 aromatic carbocycles. The van der Waals surface area contributed by atoms with Crippen LogP contribution >= 0.6 is 11.6 Å². The molecule has 1 unspecified atom stereocenters. The third-order valence-electron chi connectivity index (χ3n) is 5.90. The number of fused-ring (bicyclic) bond motifs is 1. The Morgan fingerprint density at radius 3 is 2.51 bits per heavy atom. The number of aromatic nitrogens is 2. The summed E-state index contributed by atoms with van der Waals surface area (Å²) in [5, 5.41) is 1.07. The average Bonchev–Trinajstić information content (AvgIpc) is 2.83. The second-order valence-corrected chi connectivity index (χ2v) is 8.81. The summed E-state index contributed by atoms with van der Waals surface area (Å²) < 4.78 is 6.59. The van der Waals surface area contributed by atoms with Crippen LogP contribution in [-0.4, -0.2) is 39.5 Å². The van der Waals surface area contributed by atoms with E-state index < -0.39 is 12.0 Å². The molecule has 3 rings (SSSR count). The Morgan fingerprint density at radius 2 is 1.86 bits per heavy atom. The van der Waals surface area contributed by atoms with E-state index in [1.165, 1.54) is 0 Å². The van der Waals surface area contributed by atoms with Crippen LogP contribution in [-0.2, 0) is 14.3 Å². The van der Waals surface area contributed by atoms with Crippen LogP contribution in [0.2, 0.25) is 5.02 Å². The molecule has 0 N–H and O–H groups in total. The van der Waals surface area contributed by atoms with Gasteiger partial charge in [0.25, 0.3) is 5.56 Å². The van der Waals surface area contributed by atoms with Gasteiger partial charge in [-0.2, -0.15) is 0 Å². The molecule has 7 nitrogen and oxygen atoms in total. The number of esters is 1. The van der Waals surface area contributed by atoms with E-state index in [4.69, 9.17) is 21.3 Å². The van der Waals surface area contributed by atoms with E-state index in [1.807, 2.05) is 32.9 Å². The summed E-state index contributed by atoms with van der Waals surface area (Å²) in [6.45, 7) is 8.33. The number of carbonyl (C=O) groups is 2. The minimum Gasteiger partial charge on any atom is -0.466 e. The molecular weight excluding hydrogens is 466 g/mol. The molecule has 0 radical (unpaired) electrons. The summed E-state index contributed by atoms with van der Waals surface area (Å²) in [5.41, 5.74) is 1.86. The first-order valence-electron chi connectivity index (χ1n) is 12.1. The lowest BCUT2D eigenvalue weighted by molar-refractivity contribution is -0.146. The number of halogens is 1. The zero-order valence-electron chi connectivity index (χ0n) is 20.7. The highest BCUT2D eigenvalue weighted by atomic mass is 35.5. The Kier molecular flexibility index (Phi) is 9.04. The third-order valence-corrected chi connectivity index (χ3v) is 6.13. The number of carbonyl (C=O) groups excluding carboxylic acids is 2. The van der Waals surface area contributed by atoms with Gasteiger partial charge in [0.15, 0.2) is 0 Å². The van der Waals surface area contributed by atoms with Crippen molar-refractivity contribution < 1.29 is 14.3 Å². The Hall–Kier alpha value is -3.19. The van der Waals surface area contributed by atoms with E-state index in [0.29, 0.717) is 40.4 Å². The Morgan fingerprint density at radius 1 is 1.11 bits per heavy atom. The molecule has 0 bridgehead atoms. The van der Waals surface area contributed by atoms with Gasteiger partial charge in [0.1, 0.15) is 5.82 Å². The molecule has 0 saturated carbocycles. The van der Waals surface area contributed by atoms with E-state index in [2.05, 4.69) is 0 Å². The molecule has 0 saturated heterocycles. The molecule has 1 amide bonds. The molecule has 0 aliphatic heterocycles. The maximum Gasteiger partial charge on any atom is 0.306 e. The number of para-hydroxylation sites is 1. The number of aryl methyl sites for hydroxylation is 1. The standard InChI is InChI=1S/C27H32ClN3O4/c1-5-16-30(24(32)14-15-25(33)35-7-3)22(6-2)26-29-21-11-9-8-10-20(21)27(34)31(26)23-13-12-19(28)17-18(23)4/h8-13,17,22H,5-7,14-16H2,1-4H3. The highest BCUT2D eigenvalue weighted by Gasteiger charge is 2.29. The number of ether oxygens (including phenoxy) is 1. The van der Waals surface area contributed by atoms with Gasteiger partial charge < -0.3 is 9.64 Å². The molecule has 0 aliphatic rings. The summed E-state index contributed by atoms with van der Waals surface area (Å²) in [6, 6.07) is 12.1. The molecule has 1 heterocycles. The lowest BCUT2D eigenvalue weighted by atomic mass is 10.1. The fourth-order valence-electron chi connectivity index (χ4n) is 4.30. The Balaban J connectivity index is 2.17. The maximum absolute atomic E-state index is 13.8. The van der Waals surface area contributed by atoms with Crippen molar-refractivity contribution in [2.75, 3.05) is 13.2 Å². The highest BCUT2D eigenvalue weighted by Crippen LogP contribution is 2.28. The van der Waals surface area contributed by atoms with Crippen molar-refractivity contribution in [2.24, 2.45) is 0 Å². The van der Waals surface area contributed by atoms with Crippen LogP contribution in [0.3, 0.4) is 0 Å². The lowest BCUT2D eigenvalue weighted by Gasteiger charge is -2.32. The molecular formula is C27H32ClN3O4. The molecule has 1 atom stereocenters. The zero-order valence-corrected chi connectivity index (χ0v) is 21.5. The van der Waals surface area contributed by atoms with Crippen molar-refractivity contribution in [3.8, 4) is 5.69 Å². The van der Waals surface area contributed by atoms with Gasteiger partial charge in [-0.05, 0) is 62.6 Å². The average molecular weight is 498 g/mol. The number of hydrogen-bond acceptors (Lipinski definition) is 5. The summed E-state index contributed by atoms with van der Waals surface area (Å²) in [6.07, 6.45) is 1.31. The molecule has 35 heavy (non-hydrogen) atoms. The van der Waals surface area contributed by atoms with Crippen molar-refractivity contribution in [1.29, 1.82) is 0 Å². The lowest BCUT2D eigenvalue weighted by Crippen LogP contribution is -2.39. The first-order chi connectivity index (χ1) is 16.8. The van der Waals surface area contributed by atoms with Crippen molar-refractivity contribution in [3.63, 3.8) is 0 Å². The van der Waals surface area contributed by atoms with Gasteiger partial charge in [0, 0.05) is 18.0 Å². The van der Waals surface area contributed by atoms with E-state index in [1.54, 1.807) is 46.7 Å². The van der Waals surface area contributed by atoms with Crippen LogP contribution in [0.25, 0.3) is 16.6 Å². The molecule has 186 valence electrons. The number of benzene rings is 2. The summed E-state index contributed by atoms with van der Waals surface area (Å²) in [5.74, 6) is -0.0871. The zero-order chi connectivity index (χ0) is 25.5. The number of nitrogens with zero attached hydrogens (tertiary/aromatic N) is 3. The van der Waals surface area contributed by atoms with E-state index in [9.17, 15) is 14.4 Å². The van der Waals surface area contributed by atoms with Gasteiger partial charge in [0.2, 0.25) is 5.91 Å². The first kappa shape index (κ1) is 26.4. The van der Waals surface area contributed by atoms with Crippen molar-refractivity contribution in [3.05, 3.63) is 69.2 Å². The SMILES string of the molecule is CCCN(C(=O)CCC(=O)OCC)C(CC)c1nc2ccccc2c(=O)n1-c1ccc(Cl)cc1C. The van der Waals surface area contributed by atoms with Crippen LogP contribution in [0.1, 0.15) is 63.9 Å². The minimum absolute atomic E-state index is 0.0115. The van der Waals surface area contributed by atoms with Crippen LogP contribution < -0.4 is 5.56 Å². The van der Waals surface area contributed by atoms with Gasteiger partial charge in [0.05, 0.1) is 35.7 Å². The van der Waals surface area contributed by atoms with Gasteiger partial charge in [-0.1, -0.05) is 37.6 Å². The van der Waals surface area contributed by atoms with Crippen molar-refractivity contribution in [2.45, 2.75) is 59.4 Å². The molecule has 0 fully saturated rings. The molecule has 8 heteroatoms. The summed E-state index contributed by atoms with van der Waals surface area (Å²) >= 11 is 6.19. The predicted molar refractivity (Wildman–Crippen MR) is 138 cm³/mol. The largest absolute Gasteiger partial charge is 0.466 e. The number of rotatable bonds is 10. The fraction of sp³-hybridized carbons (Fsp3) is 0.407. The second-order valence-electron chi connectivity index (χ2n) is 8.37. The monoisotopic (exact) mass is 497 g/mol. The van der Waals surface area contributed by atoms with Crippen LogP contribution in [0.5, 0.6) is 0 Å². The first-order valence-corrected chi connectivity index (χ1v) is 12.4. The van der Waals surface area contributed by atoms with Gasteiger partial charge in [-0.15, -0.1) is 0 Å². The molecule has 0 aliphatic carbocycles. The minimum atomic E-state index is -0.461. The highest BCUT2D eigenvalue weighted by molar-refractivity contribution is 6.30. The summed E-state index contributed by atoms with van der Waals surface area (Å²) in [7, 11) is 0. The van der Waals surface area contributed by atoms with Crippen LogP contribution in [0, 0.1) is 6.92 Å². The Labute approximate surface area is 210 Å². The predicted octanol–water partition coefficient (Wildman–Crippen LogP) is 5.38. The fourth-order valence-corrected chi connectivity index (χ4v) is 4.53. The maximum atomic E-state index is 13.8. The number of hydrogen-bond donors (Lipinski definition) is 0. The smallest absolute Gasteiger partial charge is 0.306 e. The van der Waals surface area contributed by atoms with E-state index >= 15 is 0 Å². The molecule has 0 spiro atoms. The Bertz CT molecular complexity index is 1270. The molecule has 1 aromatic heterocycles. The van der Waals surface area contributed by atoms with E-state index in [-0.39, 0.29) is 30.9 Å². The second kappa shape index (κ2) is 12.0. The quantitative estimate of drug-likeness (QED) is 0.351. The van der Waals surface area contributed by atoms with Gasteiger partial charge in [-0.25, -0.2) is 4.98 Å². The topological polar surface area (TPSA) is 81.5 Å². The van der Waals surface area contributed by atoms with Crippen molar-refractivity contribution >= 4 is 34.4 Å². The number of amides is 1. The third kappa shape index (κ3) is 5.90. The van der Waals surface area contributed by atoms with Crippen molar-refractivity contribution in [1.82, 2.24) is 14.5 Å². The van der Waals surface area contributed by atoms with E-state index in [0.717, 1.165) is 12.0 Å². The van der Waals surface area contributed by atoms with Gasteiger partial charge >= 0.3 is 5.97 Å². The van der Waals surface area contributed by atoms with Crippen LogP contribution in [0.4, 0.5) is 0 Å².